The molecule has 1 aromatic carbocycles. The van der Waals surface area contributed by atoms with E-state index < -0.39 is 5.97 Å². The molecule has 0 amide bonds. The SMILES string of the molecule is Cc1ccc(C)c(Oc2ccc(/C=C/C(=O)O)cn2)c1C. The van der Waals surface area contributed by atoms with Gasteiger partial charge in [0.1, 0.15) is 5.75 Å². The molecule has 2 aromatic rings. The number of carboxylic acid groups (broad SMARTS) is 1. The molecular formula is C17H17NO3. The molecule has 4 heteroatoms. The summed E-state index contributed by atoms with van der Waals surface area (Å²) in [5.41, 5.74) is 4.01. The molecule has 1 N–H and O–H groups in total. The van der Waals surface area contributed by atoms with Crippen LogP contribution >= 0.6 is 0 Å². The first-order valence-electron chi connectivity index (χ1n) is 6.59. The lowest BCUT2D eigenvalue weighted by molar-refractivity contribution is -0.131. The Kier molecular flexibility index (Phi) is 4.38. The van der Waals surface area contributed by atoms with Crippen molar-refractivity contribution in [1.82, 2.24) is 4.98 Å². The summed E-state index contributed by atoms with van der Waals surface area (Å²) in [6, 6.07) is 7.57. The van der Waals surface area contributed by atoms with Crippen molar-refractivity contribution in [2.45, 2.75) is 20.8 Å². The molecule has 0 unspecified atom stereocenters. The maximum absolute atomic E-state index is 10.5. The minimum absolute atomic E-state index is 0.485. The Bertz CT molecular complexity index is 688. The number of ether oxygens (including phenoxy) is 1. The van der Waals surface area contributed by atoms with Crippen LogP contribution in [-0.2, 0) is 4.79 Å². The van der Waals surface area contributed by atoms with Gasteiger partial charge in [0.15, 0.2) is 0 Å². The summed E-state index contributed by atoms with van der Waals surface area (Å²) in [5.74, 6) is 0.317. The predicted octanol–water partition coefficient (Wildman–Crippen LogP) is 3.90. The number of carboxylic acids is 1. The minimum atomic E-state index is -0.985. The van der Waals surface area contributed by atoms with Crippen molar-refractivity contribution in [3.63, 3.8) is 0 Å². The normalized spacial score (nSPS) is 10.8. The number of hydrogen-bond donors (Lipinski definition) is 1. The van der Waals surface area contributed by atoms with E-state index in [9.17, 15) is 4.79 Å². The third-order valence-electron chi connectivity index (χ3n) is 3.26. The summed E-state index contributed by atoms with van der Waals surface area (Å²) in [4.78, 5) is 14.7. The number of aliphatic carboxylic acids is 1. The summed E-state index contributed by atoms with van der Waals surface area (Å²) in [6.07, 6.45) is 4.14. The van der Waals surface area contributed by atoms with Gasteiger partial charge in [0.2, 0.25) is 5.88 Å². The summed E-state index contributed by atoms with van der Waals surface area (Å²) in [6.45, 7) is 6.04. The first-order chi connectivity index (χ1) is 9.97. The van der Waals surface area contributed by atoms with Crippen molar-refractivity contribution < 1.29 is 14.6 Å². The number of benzene rings is 1. The van der Waals surface area contributed by atoms with Crippen molar-refractivity contribution in [1.29, 1.82) is 0 Å². The first kappa shape index (κ1) is 14.8. The van der Waals surface area contributed by atoms with E-state index >= 15 is 0 Å². The fourth-order valence-corrected chi connectivity index (χ4v) is 1.91. The van der Waals surface area contributed by atoms with Gasteiger partial charge in [-0.25, -0.2) is 9.78 Å². The van der Waals surface area contributed by atoms with Gasteiger partial charge in [0, 0.05) is 18.3 Å². The van der Waals surface area contributed by atoms with Crippen molar-refractivity contribution >= 4 is 12.0 Å². The number of aromatic nitrogens is 1. The van der Waals surface area contributed by atoms with Crippen LogP contribution in [0.15, 0.2) is 36.5 Å². The lowest BCUT2D eigenvalue weighted by atomic mass is 10.1. The third kappa shape index (κ3) is 3.69. The zero-order valence-corrected chi connectivity index (χ0v) is 12.3. The van der Waals surface area contributed by atoms with E-state index in [2.05, 4.69) is 11.1 Å². The highest BCUT2D eigenvalue weighted by atomic mass is 16.5. The first-order valence-corrected chi connectivity index (χ1v) is 6.59. The highest BCUT2D eigenvalue weighted by molar-refractivity contribution is 5.85. The zero-order valence-electron chi connectivity index (χ0n) is 12.3. The molecule has 1 heterocycles. The van der Waals surface area contributed by atoms with Gasteiger partial charge in [-0.15, -0.1) is 0 Å². The molecule has 21 heavy (non-hydrogen) atoms. The molecular weight excluding hydrogens is 266 g/mol. The molecule has 0 spiro atoms. The Morgan fingerprint density at radius 2 is 1.86 bits per heavy atom. The molecule has 4 nitrogen and oxygen atoms in total. The number of rotatable bonds is 4. The molecule has 108 valence electrons. The zero-order chi connectivity index (χ0) is 15.4. The van der Waals surface area contributed by atoms with Crippen LogP contribution in [0.4, 0.5) is 0 Å². The second-order valence-electron chi connectivity index (χ2n) is 4.86. The summed E-state index contributed by atoms with van der Waals surface area (Å²) in [7, 11) is 0. The predicted molar refractivity (Wildman–Crippen MR) is 81.6 cm³/mol. The maximum Gasteiger partial charge on any atom is 0.328 e. The van der Waals surface area contributed by atoms with E-state index in [1.54, 1.807) is 18.3 Å². The van der Waals surface area contributed by atoms with Crippen molar-refractivity contribution in [2.75, 3.05) is 0 Å². The quantitative estimate of drug-likeness (QED) is 0.865. The Labute approximate surface area is 123 Å². The average Bonchev–Trinajstić information content (AvgIpc) is 2.47. The molecule has 0 atom stereocenters. The molecule has 1 aromatic heterocycles. The van der Waals surface area contributed by atoms with Crippen LogP contribution in [0.3, 0.4) is 0 Å². The molecule has 2 rings (SSSR count). The molecule has 0 bridgehead atoms. The summed E-state index contributed by atoms with van der Waals surface area (Å²) < 4.78 is 5.85. The molecule has 0 aliphatic rings. The van der Waals surface area contributed by atoms with Gasteiger partial charge >= 0.3 is 5.97 Å². The summed E-state index contributed by atoms with van der Waals surface area (Å²) >= 11 is 0. The second-order valence-corrected chi connectivity index (χ2v) is 4.86. The molecule has 0 saturated heterocycles. The van der Waals surface area contributed by atoms with Crippen LogP contribution in [0.2, 0.25) is 0 Å². The Morgan fingerprint density at radius 1 is 1.14 bits per heavy atom. The van der Waals surface area contributed by atoms with Crippen LogP contribution in [-0.4, -0.2) is 16.1 Å². The lowest BCUT2D eigenvalue weighted by Gasteiger charge is -2.12. The largest absolute Gasteiger partial charge is 0.478 e. The van der Waals surface area contributed by atoms with Gasteiger partial charge in [-0.1, -0.05) is 12.1 Å². The van der Waals surface area contributed by atoms with Gasteiger partial charge in [-0.05, 0) is 55.2 Å². The smallest absolute Gasteiger partial charge is 0.328 e. The minimum Gasteiger partial charge on any atom is -0.478 e. The van der Waals surface area contributed by atoms with E-state index in [0.29, 0.717) is 11.4 Å². The fourth-order valence-electron chi connectivity index (χ4n) is 1.91. The molecule has 0 saturated carbocycles. The number of nitrogens with zero attached hydrogens (tertiary/aromatic N) is 1. The fraction of sp³-hybridized carbons (Fsp3) is 0.176. The molecule has 0 fully saturated rings. The van der Waals surface area contributed by atoms with E-state index in [1.165, 1.54) is 6.08 Å². The van der Waals surface area contributed by atoms with Crippen LogP contribution in [0.25, 0.3) is 6.08 Å². The van der Waals surface area contributed by atoms with Gasteiger partial charge in [0.05, 0.1) is 0 Å². The second kappa shape index (κ2) is 6.22. The van der Waals surface area contributed by atoms with Gasteiger partial charge in [0.25, 0.3) is 0 Å². The topological polar surface area (TPSA) is 59.4 Å². The molecule has 0 aliphatic heterocycles. The van der Waals surface area contributed by atoms with Crippen LogP contribution in [0, 0.1) is 20.8 Å². The summed E-state index contributed by atoms with van der Waals surface area (Å²) in [5, 5.41) is 8.58. The molecule has 0 aliphatic carbocycles. The highest BCUT2D eigenvalue weighted by Gasteiger charge is 2.08. The molecule has 0 radical (unpaired) electrons. The Hall–Kier alpha value is -2.62. The number of aryl methyl sites for hydroxylation is 2. The monoisotopic (exact) mass is 283 g/mol. The number of pyridine rings is 1. The van der Waals surface area contributed by atoms with Crippen LogP contribution < -0.4 is 4.74 Å². The van der Waals surface area contributed by atoms with Crippen LogP contribution in [0.1, 0.15) is 22.3 Å². The van der Waals surface area contributed by atoms with Gasteiger partial charge in [-0.2, -0.15) is 0 Å². The number of carbonyl (C=O) groups is 1. The standard InChI is InChI=1S/C17H17NO3/c1-11-4-5-12(2)17(13(11)3)21-15-8-6-14(10-18-15)7-9-16(19)20/h4-10H,1-3H3,(H,19,20)/b9-7+. The van der Waals surface area contributed by atoms with E-state index in [1.807, 2.05) is 26.8 Å². The highest BCUT2D eigenvalue weighted by Crippen LogP contribution is 2.29. The van der Waals surface area contributed by atoms with E-state index in [4.69, 9.17) is 9.84 Å². The average molecular weight is 283 g/mol. The third-order valence-corrected chi connectivity index (χ3v) is 3.26. The Balaban J connectivity index is 2.21. The number of hydrogen-bond acceptors (Lipinski definition) is 3. The lowest BCUT2D eigenvalue weighted by Crippen LogP contribution is -1.95. The van der Waals surface area contributed by atoms with E-state index in [-0.39, 0.29) is 0 Å². The van der Waals surface area contributed by atoms with E-state index in [0.717, 1.165) is 28.5 Å². The van der Waals surface area contributed by atoms with Gasteiger partial charge in [-0.3, -0.25) is 0 Å². The van der Waals surface area contributed by atoms with Crippen molar-refractivity contribution in [3.05, 3.63) is 58.8 Å². The van der Waals surface area contributed by atoms with Crippen molar-refractivity contribution in [3.8, 4) is 11.6 Å². The van der Waals surface area contributed by atoms with Crippen molar-refractivity contribution in [2.24, 2.45) is 0 Å². The van der Waals surface area contributed by atoms with Gasteiger partial charge < -0.3 is 9.84 Å². The van der Waals surface area contributed by atoms with Crippen LogP contribution in [0.5, 0.6) is 11.6 Å². The maximum atomic E-state index is 10.5. The Morgan fingerprint density at radius 3 is 2.48 bits per heavy atom.